The summed E-state index contributed by atoms with van der Waals surface area (Å²) < 4.78 is 26.9. The van der Waals surface area contributed by atoms with Crippen LogP contribution >= 0.6 is 0 Å². The maximum absolute atomic E-state index is 13.4. The van der Waals surface area contributed by atoms with Crippen molar-refractivity contribution in [2.75, 3.05) is 0 Å². The molecule has 3 atom stereocenters. The third-order valence-electron chi connectivity index (χ3n) is 4.10. The molecule has 2 aromatic rings. The van der Waals surface area contributed by atoms with Crippen molar-refractivity contribution in [2.24, 2.45) is 11.7 Å². The van der Waals surface area contributed by atoms with Crippen LogP contribution in [-0.2, 0) is 0 Å². The number of hydrogen-bond acceptors (Lipinski definition) is 1. The van der Waals surface area contributed by atoms with Gasteiger partial charge in [-0.2, -0.15) is 0 Å². The third-order valence-corrected chi connectivity index (χ3v) is 4.10. The molecule has 0 bridgehead atoms. The quantitative estimate of drug-likeness (QED) is 0.841. The summed E-state index contributed by atoms with van der Waals surface area (Å²) in [5, 5.41) is 0. The van der Waals surface area contributed by atoms with Crippen LogP contribution in [0.25, 0.3) is 0 Å². The molecule has 112 valence electrons. The van der Waals surface area contributed by atoms with Crippen molar-refractivity contribution in [1.29, 1.82) is 0 Å². The highest BCUT2D eigenvalue weighted by molar-refractivity contribution is 5.29. The van der Waals surface area contributed by atoms with Crippen LogP contribution in [0, 0.1) is 17.6 Å². The van der Waals surface area contributed by atoms with E-state index >= 15 is 0 Å². The molecule has 0 amide bonds. The topological polar surface area (TPSA) is 26.0 Å². The first-order valence-electron chi connectivity index (χ1n) is 7.29. The smallest absolute Gasteiger partial charge is 0.126 e. The van der Waals surface area contributed by atoms with Crippen LogP contribution in [0.15, 0.2) is 48.5 Å². The highest BCUT2D eigenvalue weighted by Gasteiger charge is 2.26. The minimum atomic E-state index is -0.587. The molecule has 21 heavy (non-hydrogen) atoms. The van der Waals surface area contributed by atoms with Crippen LogP contribution < -0.4 is 5.73 Å². The molecule has 0 aliphatic carbocycles. The molecule has 2 N–H and O–H groups in total. The predicted octanol–water partition coefficient (Wildman–Crippen LogP) is 4.79. The molecule has 0 aromatic heterocycles. The summed E-state index contributed by atoms with van der Waals surface area (Å²) in [7, 11) is 0. The van der Waals surface area contributed by atoms with Gasteiger partial charge in [0.1, 0.15) is 11.6 Å². The Labute approximate surface area is 124 Å². The Bertz CT molecular complexity index is 563. The van der Waals surface area contributed by atoms with E-state index in [-0.39, 0.29) is 5.92 Å². The Kier molecular flexibility index (Phi) is 5.07. The van der Waals surface area contributed by atoms with Gasteiger partial charge in [-0.1, -0.05) is 50.6 Å². The van der Waals surface area contributed by atoms with Gasteiger partial charge in [0.25, 0.3) is 0 Å². The Morgan fingerprint density at radius 3 is 2.05 bits per heavy atom. The molecule has 0 aliphatic heterocycles. The molecule has 0 saturated heterocycles. The Morgan fingerprint density at radius 2 is 1.52 bits per heavy atom. The van der Waals surface area contributed by atoms with Gasteiger partial charge in [-0.25, -0.2) is 8.78 Å². The summed E-state index contributed by atoms with van der Waals surface area (Å²) >= 11 is 0. The zero-order chi connectivity index (χ0) is 15.4. The van der Waals surface area contributed by atoms with Gasteiger partial charge < -0.3 is 5.73 Å². The maximum Gasteiger partial charge on any atom is 0.126 e. The van der Waals surface area contributed by atoms with Gasteiger partial charge in [0, 0.05) is 18.0 Å². The first-order valence-corrected chi connectivity index (χ1v) is 7.29. The first-order chi connectivity index (χ1) is 10.0. The second-order valence-corrected chi connectivity index (χ2v) is 5.55. The second kappa shape index (κ2) is 6.81. The van der Waals surface area contributed by atoms with Crippen molar-refractivity contribution in [3.63, 3.8) is 0 Å². The normalized spacial score (nSPS) is 15.5. The molecule has 0 heterocycles. The lowest BCUT2D eigenvalue weighted by atomic mass is 9.78. The van der Waals surface area contributed by atoms with Gasteiger partial charge >= 0.3 is 0 Å². The monoisotopic (exact) mass is 289 g/mol. The highest BCUT2D eigenvalue weighted by Crippen LogP contribution is 2.37. The average molecular weight is 289 g/mol. The molecule has 2 aromatic carbocycles. The molecule has 0 aliphatic rings. The first kappa shape index (κ1) is 15.6. The van der Waals surface area contributed by atoms with Gasteiger partial charge in [-0.05, 0) is 29.2 Å². The van der Waals surface area contributed by atoms with Gasteiger partial charge in [0.2, 0.25) is 0 Å². The van der Waals surface area contributed by atoms with E-state index in [2.05, 4.69) is 13.8 Å². The van der Waals surface area contributed by atoms with E-state index in [0.29, 0.717) is 11.5 Å². The van der Waals surface area contributed by atoms with E-state index in [1.54, 1.807) is 0 Å². The minimum absolute atomic E-state index is 0.0254. The lowest BCUT2D eigenvalue weighted by molar-refractivity contribution is 0.386. The zero-order valence-corrected chi connectivity index (χ0v) is 12.4. The number of benzene rings is 2. The number of rotatable bonds is 5. The fraction of sp³-hybridized carbons (Fsp3) is 0.333. The van der Waals surface area contributed by atoms with Crippen molar-refractivity contribution in [3.8, 4) is 0 Å². The molecular formula is C18H21F2N. The van der Waals surface area contributed by atoms with Crippen LogP contribution in [0.2, 0.25) is 0 Å². The standard InChI is InChI=1S/C18H21F2N/c1-3-12(2)17(13-7-5-4-6-8-13)18(21)14-9-15(19)11-16(20)10-14/h4-12,17-18H,3,21H2,1-2H3. The van der Waals surface area contributed by atoms with Gasteiger partial charge in [-0.15, -0.1) is 0 Å². The molecule has 0 radical (unpaired) electrons. The zero-order valence-electron chi connectivity index (χ0n) is 12.4. The molecule has 2 rings (SSSR count). The van der Waals surface area contributed by atoms with Crippen LogP contribution in [0.3, 0.4) is 0 Å². The molecular weight excluding hydrogens is 268 g/mol. The van der Waals surface area contributed by atoms with Gasteiger partial charge in [0.05, 0.1) is 0 Å². The molecule has 3 heteroatoms. The largest absolute Gasteiger partial charge is 0.323 e. The molecule has 0 fully saturated rings. The Morgan fingerprint density at radius 1 is 0.952 bits per heavy atom. The number of hydrogen-bond donors (Lipinski definition) is 1. The van der Waals surface area contributed by atoms with E-state index in [1.165, 1.54) is 12.1 Å². The number of halogens is 2. The molecule has 0 spiro atoms. The Hall–Kier alpha value is -1.74. The minimum Gasteiger partial charge on any atom is -0.323 e. The van der Waals surface area contributed by atoms with E-state index < -0.39 is 17.7 Å². The fourth-order valence-corrected chi connectivity index (χ4v) is 2.79. The van der Waals surface area contributed by atoms with Crippen molar-refractivity contribution in [1.82, 2.24) is 0 Å². The summed E-state index contributed by atoms with van der Waals surface area (Å²) in [6.45, 7) is 4.21. The summed E-state index contributed by atoms with van der Waals surface area (Å²) in [5.74, 6) is -0.834. The summed E-state index contributed by atoms with van der Waals surface area (Å²) in [6.07, 6.45) is 0.949. The van der Waals surface area contributed by atoms with Gasteiger partial charge in [0.15, 0.2) is 0 Å². The van der Waals surface area contributed by atoms with Crippen LogP contribution in [-0.4, -0.2) is 0 Å². The summed E-state index contributed by atoms with van der Waals surface area (Å²) in [4.78, 5) is 0. The SMILES string of the molecule is CCC(C)C(c1ccccc1)C(N)c1cc(F)cc(F)c1. The van der Waals surface area contributed by atoms with Crippen LogP contribution in [0.1, 0.15) is 43.4 Å². The lowest BCUT2D eigenvalue weighted by Gasteiger charge is -2.30. The third kappa shape index (κ3) is 3.67. The summed E-state index contributed by atoms with van der Waals surface area (Å²) in [6, 6.07) is 13.0. The molecule has 1 nitrogen and oxygen atoms in total. The molecule has 0 saturated carbocycles. The molecule has 3 unspecified atom stereocenters. The lowest BCUT2D eigenvalue weighted by Crippen LogP contribution is -2.25. The number of nitrogens with two attached hydrogens (primary N) is 1. The van der Waals surface area contributed by atoms with Crippen molar-refractivity contribution in [2.45, 2.75) is 32.2 Å². The van der Waals surface area contributed by atoms with E-state index in [4.69, 9.17) is 5.73 Å². The van der Waals surface area contributed by atoms with E-state index in [9.17, 15) is 8.78 Å². The van der Waals surface area contributed by atoms with Crippen molar-refractivity contribution >= 4 is 0 Å². The van der Waals surface area contributed by atoms with E-state index in [1.807, 2.05) is 30.3 Å². The van der Waals surface area contributed by atoms with Crippen LogP contribution in [0.5, 0.6) is 0 Å². The van der Waals surface area contributed by atoms with Crippen molar-refractivity contribution in [3.05, 3.63) is 71.3 Å². The van der Waals surface area contributed by atoms with Crippen LogP contribution in [0.4, 0.5) is 8.78 Å². The highest BCUT2D eigenvalue weighted by atomic mass is 19.1. The summed E-state index contributed by atoms with van der Waals surface area (Å²) in [5.41, 5.74) is 7.95. The van der Waals surface area contributed by atoms with E-state index in [0.717, 1.165) is 18.1 Å². The maximum atomic E-state index is 13.4. The van der Waals surface area contributed by atoms with Gasteiger partial charge in [-0.3, -0.25) is 0 Å². The average Bonchev–Trinajstić information content (AvgIpc) is 2.47. The Balaban J connectivity index is 2.41. The second-order valence-electron chi connectivity index (χ2n) is 5.55. The predicted molar refractivity (Wildman–Crippen MR) is 81.9 cm³/mol. The fourth-order valence-electron chi connectivity index (χ4n) is 2.79. The van der Waals surface area contributed by atoms with Crippen molar-refractivity contribution < 1.29 is 8.78 Å².